The number of rotatable bonds is 7. The average Bonchev–Trinajstić information content (AvgIpc) is 2.43. The predicted molar refractivity (Wildman–Crippen MR) is 89.0 cm³/mol. The zero-order valence-electron chi connectivity index (χ0n) is 14.3. The molecule has 1 atom stereocenters. The fourth-order valence-electron chi connectivity index (χ4n) is 1.73. The van der Waals surface area contributed by atoms with Crippen molar-refractivity contribution in [2.24, 2.45) is 11.3 Å². The molecule has 2 N–H and O–H groups in total. The minimum Gasteiger partial charge on any atom is -0.493 e. The van der Waals surface area contributed by atoms with Crippen LogP contribution in [0.1, 0.15) is 40.2 Å². The van der Waals surface area contributed by atoms with Crippen LogP contribution in [0.15, 0.2) is 24.3 Å². The quantitative estimate of drug-likeness (QED) is 0.814. The van der Waals surface area contributed by atoms with Crippen molar-refractivity contribution in [2.75, 3.05) is 13.2 Å². The zero-order chi connectivity index (χ0) is 16.8. The molecule has 1 aromatic carbocycles. The standard InChI is InChI=1S/C18H29NO3/c1-13(2)12-22-15-8-6-14(7-9-15)10-17(21)19-11-16(20)18(3,4)5/h6-9,13,16,20H,10-12H2,1-5H3,(H,19,21). The number of hydrogen-bond donors (Lipinski definition) is 2. The molecule has 0 fully saturated rings. The van der Waals surface area contributed by atoms with Crippen LogP contribution in [0.25, 0.3) is 0 Å². The summed E-state index contributed by atoms with van der Waals surface area (Å²) in [5.74, 6) is 1.22. The highest BCUT2D eigenvalue weighted by Crippen LogP contribution is 2.18. The van der Waals surface area contributed by atoms with E-state index in [0.29, 0.717) is 18.9 Å². The van der Waals surface area contributed by atoms with Crippen LogP contribution in [0.3, 0.4) is 0 Å². The third kappa shape index (κ3) is 6.94. The number of carbonyl (C=O) groups is 1. The molecular formula is C18H29NO3. The van der Waals surface area contributed by atoms with Crippen LogP contribution in [-0.4, -0.2) is 30.3 Å². The van der Waals surface area contributed by atoms with Gasteiger partial charge in [-0.1, -0.05) is 46.8 Å². The van der Waals surface area contributed by atoms with E-state index >= 15 is 0 Å². The van der Waals surface area contributed by atoms with Gasteiger partial charge in [0.25, 0.3) is 0 Å². The normalized spacial score (nSPS) is 13.0. The molecular weight excluding hydrogens is 278 g/mol. The van der Waals surface area contributed by atoms with Crippen LogP contribution in [0.5, 0.6) is 5.75 Å². The largest absolute Gasteiger partial charge is 0.493 e. The Bertz CT molecular complexity index is 460. The summed E-state index contributed by atoms with van der Waals surface area (Å²) in [4.78, 5) is 11.9. The maximum atomic E-state index is 11.9. The van der Waals surface area contributed by atoms with E-state index in [4.69, 9.17) is 4.74 Å². The van der Waals surface area contributed by atoms with E-state index in [9.17, 15) is 9.90 Å². The minimum absolute atomic E-state index is 0.0841. The average molecular weight is 307 g/mol. The maximum Gasteiger partial charge on any atom is 0.224 e. The van der Waals surface area contributed by atoms with Crippen molar-refractivity contribution in [1.29, 1.82) is 0 Å². The summed E-state index contributed by atoms with van der Waals surface area (Å²) in [6.07, 6.45) is -0.246. The predicted octanol–water partition coefficient (Wildman–Crippen LogP) is 2.79. The van der Waals surface area contributed by atoms with Crippen LogP contribution in [-0.2, 0) is 11.2 Å². The van der Waals surface area contributed by atoms with Gasteiger partial charge in [0.15, 0.2) is 0 Å². The third-order valence-corrected chi connectivity index (χ3v) is 3.36. The third-order valence-electron chi connectivity index (χ3n) is 3.36. The second-order valence-corrected chi connectivity index (χ2v) is 7.21. The second kappa shape index (κ2) is 8.18. The van der Waals surface area contributed by atoms with Crippen molar-refractivity contribution in [2.45, 2.75) is 47.1 Å². The van der Waals surface area contributed by atoms with E-state index < -0.39 is 6.10 Å². The highest BCUT2D eigenvalue weighted by molar-refractivity contribution is 5.78. The molecule has 4 heteroatoms. The Morgan fingerprint density at radius 1 is 1.23 bits per heavy atom. The smallest absolute Gasteiger partial charge is 0.224 e. The molecule has 0 bridgehead atoms. The van der Waals surface area contributed by atoms with Gasteiger partial charge in [-0.25, -0.2) is 0 Å². The lowest BCUT2D eigenvalue weighted by molar-refractivity contribution is -0.121. The van der Waals surface area contributed by atoms with Crippen molar-refractivity contribution in [1.82, 2.24) is 5.32 Å². The number of hydrogen-bond acceptors (Lipinski definition) is 3. The second-order valence-electron chi connectivity index (χ2n) is 7.21. The Morgan fingerprint density at radius 2 is 1.82 bits per heavy atom. The number of ether oxygens (including phenoxy) is 1. The molecule has 0 aliphatic heterocycles. The van der Waals surface area contributed by atoms with Crippen LogP contribution >= 0.6 is 0 Å². The minimum atomic E-state index is -0.553. The van der Waals surface area contributed by atoms with Crippen molar-refractivity contribution >= 4 is 5.91 Å². The molecule has 22 heavy (non-hydrogen) atoms. The van der Waals surface area contributed by atoms with Gasteiger partial charge < -0.3 is 15.2 Å². The molecule has 0 saturated carbocycles. The molecule has 0 aromatic heterocycles. The monoisotopic (exact) mass is 307 g/mol. The van der Waals surface area contributed by atoms with Gasteiger partial charge in [-0.3, -0.25) is 4.79 Å². The fourth-order valence-corrected chi connectivity index (χ4v) is 1.73. The molecule has 0 radical (unpaired) electrons. The van der Waals surface area contributed by atoms with E-state index in [1.165, 1.54) is 0 Å². The summed E-state index contributed by atoms with van der Waals surface area (Å²) >= 11 is 0. The van der Waals surface area contributed by atoms with Crippen molar-refractivity contribution < 1.29 is 14.6 Å². The lowest BCUT2D eigenvalue weighted by Gasteiger charge is -2.25. The molecule has 4 nitrogen and oxygen atoms in total. The van der Waals surface area contributed by atoms with Gasteiger partial charge in [0.2, 0.25) is 5.91 Å². The summed E-state index contributed by atoms with van der Waals surface area (Å²) in [5, 5.41) is 12.7. The highest BCUT2D eigenvalue weighted by atomic mass is 16.5. The molecule has 1 amide bonds. The van der Waals surface area contributed by atoms with E-state index in [0.717, 1.165) is 11.3 Å². The number of benzene rings is 1. The van der Waals surface area contributed by atoms with Gasteiger partial charge in [-0.05, 0) is 29.0 Å². The van der Waals surface area contributed by atoms with Crippen LogP contribution in [0, 0.1) is 11.3 Å². The zero-order valence-corrected chi connectivity index (χ0v) is 14.3. The Morgan fingerprint density at radius 3 is 2.32 bits per heavy atom. The van der Waals surface area contributed by atoms with Gasteiger partial charge in [-0.15, -0.1) is 0 Å². The molecule has 124 valence electrons. The summed E-state index contributed by atoms with van der Waals surface area (Å²) in [5.41, 5.74) is 0.697. The van der Waals surface area contributed by atoms with E-state index in [1.807, 2.05) is 45.0 Å². The van der Waals surface area contributed by atoms with Gasteiger partial charge >= 0.3 is 0 Å². The topological polar surface area (TPSA) is 58.6 Å². The molecule has 0 aliphatic carbocycles. The van der Waals surface area contributed by atoms with Gasteiger partial charge in [-0.2, -0.15) is 0 Å². The van der Waals surface area contributed by atoms with Gasteiger partial charge in [0.05, 0.1) is 19.1 Å². The maximum absolute atomic E-state index is 11.9. The Balaban J connectivity index is 2.41. The number of aliphatic hydroxyl groups excluding tert-OH is 1. The van der Waals surface area contributed by atoms with Crippen molar-refractivity contribution in [3.63, 3.8) is 0 Å². The molecule has 0 saturated heterocycles. The van der Waals surface area contributed by atoms with Crippen LogP contribution in [0.2, 0.25) is 0 Å². The van der Waals surface area contributed by atoms with Crippen LogP contribution in [0.4, 0.5) is 0 Å². The molecule has 0 spiro atoms. The van der Waals surface area contributed by atoms with Crippen molar-refractivity contribution in [3.8, 4) is 5.75 Å². The summed E-state index contributed by atoms with van der Waals surface area (Å²) in [7, 11) is 0. The van der Waals surface area contributed by atoms with Crippen molar-refractivity contribution in [3.05, 3.63) is 29.8 Å². The molecule has 1 rings (SSSR count). The Kier molecular flexibility index (Phi) is 6.88. The SMILES string of the molecule is CC(C)COc1ccc(CC(=O)NCC(O)C(C)(C)C)cc1. The first-order chi connectivity index (χ1) is 10.2. The lowest BCUT2D eigenvalue weighted by atomic mass is 9.89. The first kappa shape index (κ1) is 18.5. The summed E-state index contributed by atoms with van der Waals surface area (Å²) in [6, 6.07) is 7.56. The molecule has 1 aromatic rings. The molecule has 0 aliphatic rings. The number of carbonyl (C=O) groups excluding carboxylic acids is 1. The Labute approximate surface area is 133 Å². The first-order valence-electron chi connectivity index (χ1n) is 7.85. The first-order valence-corrected chi connectivity index (χ1v) is 7.85. The number of aliphatic hydroxyl groups is 1. The van der Waals surface area contributed by atoms with Gasteiger partial charge in [0, 0.05) is 6.54 Å². The van der Waals surface area contributed by atoms with Gasteiger partial charge in [0.1, 0.15) is 5.75 Å². The molecule has 1 unspecified atom stereocenters. The summed E-state index contributed by atoms with van der Waals surface area (Å²) in [6.45, 7) is 11.0. The fraction of sp³-hybridized carbons (Fsp3) is 0.611. The lowest BCUT2D eigenvalue weighted by Crippen LogP contribution is -2.39. The number of amides is 1. The van der Waals surface area contributed by atoms with E-state index in [2.05, 4.69) is 19.2 Å². The summed E-state index contributed by atoms with van der Waals surface area (Å²) < 4.78 is 5.61. The molecule has 0 heterocycles. The Hall–Kier alpha value is -1.55. The van der Waals surface area contributed by atoms with E-state index in [1.54, 1.807) is 0 Å². The highest BCUT2D eigenvalue weighted by Gasteiger charge is 2.22. The number of nitrogens with one attached hydrogen (secondary N) is 1. The van der Waals surface area contributed by atoms with E-state index in [-0.39, 0.29) is 17.9 Å². The van der Waals surface area contributed by atoms with Crippen LogP contribution < -0.4 is 10.1 Å².